The first-order valence-electron chi connectivity index (χ1n) is 2.76. The van der Waals surface area contributed by atoms with Crippen molar-refractivity contribution < 1.29 is 9.63 Å². The molecule has 1 amide bonds. The van der Waals surface area contributed by atoms with E-state index in [0.29, 0.717) is 13.0 Å². The summed E-state index contributed by atoms with van der Waals surface area (Å²) in [4.78, 5) is 13.3. The number of hydrogen-bond acceptors (Lipinski definition) is 3. The van der Waals surface area contributed by atoms with Gasteiger partial charge >= 0.3 is 0 Å². The quantitative estimate of drug-likeness (QED) is 0.484. The Bertz CT molecular complexity index is 49.7. The molecule has 0 aliphatic rings. The molecular formula is C7H22N2O2. The van der Waals surface area contributed by atoms with Crippen molar-refractivity contribution in [2.75, 3.05) is 13.7 Å². The third kappa shape index (κ3) is 89.8. The van der Waals surface area contributed by atoms with E-state index in [2.05, 4.69) is 16.1 Å². The van der Waals surface area contributed by atoms with E-state index in [1.807, 2.05) is 6.92 Å². The lowest BCUT2D eigenvalue weighted by Gasteiger charge is -1.83. The Hall–Kier alpha value is -0.610. The number of carbonyl (C=O) groups is 1. The number of amides is 1. The Kier molecular flexibility index (Phi) is 70.0. The van der Waals surface area contributed by atoms with Gasteiger partial charge in [0.2, 0.25) is 6.41 Å². The summed E-state index contributed by atoms with van der Waals surface area (Å²) in [6, 6.07) is 0. The van der Waals surface area contributed by atoms with Gasteiger partial charge in [-0.05, 0) is 6.42 Å². The van der Waals surface area contributed by atoms with Gasteiger partial charge in [-0.3, -0.25) is 4.79 Å². The second-order valence-electron chi connectivity index (χ2n) is 1.28. The molecule has 0 radical (unpaired) electrons. The number of hydrogen-bond donors (Lipinski definition) is 2. The number of rotatable bonds is 3. The van der Waals surface area contributed by atoms with Gasteiger partial charge in [0.25, 0.3) is 0 Å². The van der Waals surface area contributed by atoms with Gasteiger partial charge in [0.15, 0.2) is 0 Å². The minimum atomic E-state index is 0. The predicted octanol–water partition coefficient (Wildman–Crippen LogP) is 0.921. The van der Waals surface area contributed by atoms with Crippen LogP contribution in [0.15, 0.2) is 0 Å². The van der Waals surface area contributed by atoms with Crippen molar-refractivity contribution in [3.05, 3.63) is 0 Å². The summed E-state index contributed by atoms with van der Waals surface area (Å²) in [7, 11) is 1.56. The highest BCUT2D eigenvalue weighted by Gasteiger charge is 1.66. The lowest BCUT2D eigenvalue weighted by atomic mass is 10.5. The first-order chi connectivity index (χ1) is 4.33. The van der Waals surface area contributed by atoms with Crippen molar-refractivity contribution in [1.29, 1.82) is 0 Å². The van der Waals surface area contributed by atoms with E-state index < -0.39 is 0 Å². The van der Waals surface area contributed by atoms with Gasteiger partial charge in [-0.1, -0.05) is 21.8 Å². The first-order valence-corrected chi connectivity index (χ1v) is 2.76. The summed E-state index contributed by atoms with van der Waals surface area (Å²) in [5, 5.41) is 2.25. The van der Waals surface area contributed by atoms with Crippen LogP contribution < -0.4 is 11.2 Å². The molecule has 0 saturated carbocycles. The van der Waals surface area contributed by atoms with E-state index in [0.717, 1.165) is 6.42 Å². The van der Waals surface area contributed by atoms with E-state index in [1.165, 1.54) is 0 Å². The maximum absolute atomic E-state index is 9.06. The first kappa shape index (κ1) is 22.4. The fourth-order valence-electron chi connectivity index (χ4n) is 0.118. The lowest BCUT2D eigenvalue weighted by Crippen LogP contribution is -1.98. The molecule has 0 aromatic heterocycles. The molecule has 0 saturated heterocycles. The van der Waals surface area contributed by atoms with Crippen LogP contribution in [0.1, 0.15) is 28.2 Å². The van der Waals surface area contributed by atoms with Crippen LogP contribution in [0.5, 0.6) is 0 Å². The number of nitrogens with one attached hydrogen (secondary N) is 1. The second kappa shape index (κ2) is 34.3. The molecule has 0 aromatic rings. The van der Waals surface area contributed by atoms with Gasteiger partial charge < -0.3 is 10.2 Å². The number of nitrogens with two attached hydrogens (primary N) is 1. The Morgan fingerprint density at radius 1 is 1.55 bits per heavy atom. The molecule has 72 valence electrons. The average Bonchev–Trinajstić information content (AvgIpc) is 1.91. The molecule has 0 bridgehead atoms. The van der Waals surface area contributed by atoms with Crippen LogP contribution in [-0.2, 0) is 9.63 Å². The zero-order chi connectivity index (χ0) is 7.54. The van der Waals surface area contributed by atoms with Crippen molar-refractivity contribution in [2.45, 2.75) is 28.2 Å². The summed E-state index contributed by atoms with van der Waals surface area (Å²) < 4.78 is 0. The van der Waals surface area contributed by atoms with Crippen molar-refractivity contribution in [3.8, 4) is 0 Å². The minimum absolute atomic E-state index is 0. The summed E-state index contributed by atoms with van der Waals surface area (Å²) in [6.07, 6.45) is 1.62. The lowest BCUT2D eigenvalue weighted by molar-refractivity contribution is -0.109. The van der Waals surface area contributed by atoms with Crippen molar-refractivity contribution in [2.24, 2.45) is 5.90 Å². The molecule has 0 spiro atoms. The highest BCUT2D eigenvalue weighted by molar-refractivity contribution is 5.44. The molecule has 0 heterocycles. The van der Waals surface area contributed by atoms with Gasteiger partial charge in [0, 0.05) is 7.05 Å². The fourth-order valence-corrected chi connectivity index (χ4v) is 0.118. The molecule has 0 aliphatic heterocycles. The maximum Gasteiger partial charge on any atom is 0.206 e. The SMILES string of the molecule is C.C.CCCON.CNC=O. The Morgan fingerprint density at radius 2 is 1.91 bits per heavy atom. The molecule has 0 aliphatic carbocycles. The van der Waals surface area contributed by atoms with E-state index in [9.17, 15) is 0 Å². The highest BCUT2D eigenvalue weighted by Crippen LogP contribution is 1.67. The standard InChI is InChI=1S/C3H9NO.C2H5NO.2CH4/c1-2-3-5-4;1-3-2-4;;/h2-4H2,1H3;2H,1H3,(H,3,4);2*1H4. The highest BCUT2D eigenvalue weighted by atomic mass is 16.6. The molecular weight excluding hydrogens is 144 g/mol. The third-order valence-corrected chi connectivity index (χ3v) is 0.440. The molecule has 0 fully saturated rings. The fraction of sp³-hybridized carbons (Fsp3) is 0.857. The maximum atomic E-state index is 9.06. The topological polar surface area (TPSA) is 64.3 Å². The van der Waals surface area contributed by atoms with Crippen molar-refractivity contribution >= 4 is 6.41 Å². The summed E-state index contributed by atoms with van der Waals surface area (Å²) in [5.74, 6) is 4.64. The van der Waals surface area contributed by atoms with Crippen LogP contribution in [0.25, 0.3) is 0 Å². The van der Waals surface area contributed by atoms with Crippen molar-refractivity contribution in [1.82, 2.24) is 5.32 Å². The van der Waals surface area contributed by atoms with Gasteiger partial charge in [-0.25, -0.2) is 5.90 Å². The molecule has 11 heavy (non-hydrogen) atoms. The Balaban J connectivity index is -0.0000000383. The van der Waals surface area contributed by atoms with Crippen LogP contribution in [-0.4, -0.2) is 20.1 Å². The van der Waals surface area contributed by atoms with Gasteiger partial charge in [0.05, 0.1) is 6.61 Å². The number of carbonyl (C=O) groups excluding carboxylic acids is 1. The van der Waals surface area contributed by atoms with Gasteiger partial charge in [0.1, 0.15) is 0 Å². The van der Waals surface area contributed by atoms with Crippen LogP contribution in [0, 0.1) is 0 Å². The van der Waals surface area contributed by atoms with Gasteiger partial charge in [-0.15, -0.1) is 0 Å². The zero-order valence-corrected chi connectivity index (χ0v) is 5.89. The van der Waals surface area contributed by atoms with Crippen molar-refractivity contribution in [3.63, 3.8) is 0 Å². The van der Waals surface area contributed by atoms with Crippen LogP contribution >= 0.6 is 0 Å². The third-order valence-electron chi connectivity index (χ3n) is 0.440. The van der Waals surface area contributed by atoms with Crippen LogP contribution in [0.3, 0.4) is 0 Å². The molecule has 4 heteroatoms. The Labute approximate surface area is 70.1 Å². The molecule has 0 unspecified atom stereocenters. The monoisotopic (exact) mass is 166 g/mol. The van der Waals surface area contributed by atoms with Gasteiger partial charge in [-0.2, -0.15) is 0 Å². The zero-order valence-electron chi connectivity index (χ0n) is 5.89. The summed E-state index contributed by atoms with van der Waals surface area (Å²) in [5.41, 5.74) is 0. The van der Waals surface area contributed by atoms with E-state index in [1.54, 1.807) is 7.05 Å². The average molecular weight is 166 g/mol. The second-order valence-corrected chi connectivity index (χ2v) is 1.28. The molecule has 0 rings (SSSR count). The van der Waals surface area contributed by atoms with E-state index in [-0.39, 0.29) is 14.9 Å². The van der Waals surface area contributed by atoms with Crippen LogP contribution in [0.2, 0.25) is 0 Å². The normalized spacial score (nSPS) is 5.73. The molecule has 3 N–H and O–H groups in total. The smallest absolute Gasteiger partial charge is 0.206 e. The molecule has 0 aromatic carbocycles. The Morgan fingerprint density at radius 3 is 1.91 bits per heavy atom. The van der Waals surface area contributed by atoms with E-state index in [4.69, 9.17) is 4.79 Å². The van der Waals surface area contributed by atoms with Crippen LogP contribution in [0.4, 0.5) is 0 Å². The predicted molar refractivity (Wildman–Crippen MR) is 49.0 cm³/mol. The molecule has 0 atom stereocenters. The summed E-state index contributed by atoms with van der Waals surface area (Å²) >= 11 is 0. The largest absolute Gasteiger partial charge is 0.362 e. The molecule has 4 nitrogen and oxygen atoms in total. The van der Waals surface area contributed by atoms with E-state index >= 15 is 0 Å². The summed E-state index contributed by atoms with van der Waals surface area (Å²) in [6.45, 7) is 2.67. The minimum Gasteiger partial charge on any atom is -0.362 e.